The van der Waals surface area contributed by atoms with Crippen molar-refractivity contribution in [2.75, 3.05) is 57.2 Å². The number of carbonyl (C=O) groups is 3. The Kier molecular flexibility index (Phi) is 30.0. The molecule has 0 bridgehead atoms. The number of aliphatic hydroxyl groups is 1. The number of rotatable bonds is 12. The molecule has 5 N–H and O–H groups in total. The maximum atomic E-state index is 13.8. The first-order valence-electron chi connectivity index (χ1n) is 26.0. The maximum absolute atomic E-state index is 13.8. The molecule has 9 aromatic rings. The standard InChI is InChI=1S/C20H19F2N3O2.C19H17F2N3O2.C14H16ClN3O2.C6H5BF2O2.CH4O.CH4.Na.H2O/c1-11(2)25(3)19-18(12-5-7-14(21)15(22)9-12)23-16-8-6-13(20(26)27-4)10-17(16)24-19;1-10(2)24(3)18-17(11-4-6-13(20)14(21)8-11)22-15-7-5-12(19(25)26)9-16(15)23-18;1-8(2)18(3)13-12(15)16-10-6-5-9(14(19)20-4)7-11(10)17-13;8-5-2-1-4(7(10)11)3-6(5)9;1-2;;;/h5-11H,1-4H3;4-10H,1-3H3,(H,25,26);5-8H,1-4H3;1-3,10-11H;2H,1H3;1H4;;1H2/q;;;;;;+1;/p-1. The van der Waals surface area contributed by atoms with Crippen molar-refractivity contribution in [3.8, 4) is 22.5 Å². The van der Waals surface area contributed by atoms with E-state index in [2.05, 4.69) is 29.9 Å². The molecule has 0 unspecified atom stereocenters. The molecule has 0 atom stereocenters. The summed E-state index contributed by atoms with van der Waals surface area (Å²) in [4.78, 5) is 67.3. The third-order valence-corrected chi connectivity index (χ3v) is 13.2. The van der Waals surface area contributed by atoms with Crippen molar-refractivity contribution >= 4 is 92.6 Å². The Morgan fingerprint density at radius 3 is 1.13 bits per heavy atom. The van der Waals surface area contributed by atoms with Crippen molar-refractivity contribution in [1.29, 1.82) is 0 Å². The van der Waals surface area contributed by atoms with E-state index < -0.39 is 59.9 Å². The number of fused-ring (bicyclic) bond motifs is 3. The first-order valence-corrected chi connectivity index (χ1v) is 26.4. The maximum Gasteiger partial charge on any atom is 1.00 e. The van der Waals surface area contributed by atoms with E-state index in [4.69, 9.17) is 41.3 Å². The van der Waals surface area contributed by atoms with Crippen LogP contribution < -0.4 is 49.7 Å². The van der Waals surface area contributed by atoms with E-state index in [1.807, 2.05) is 77.4 Å². The quantitative estimate of drug-likeness (QED) is 0.0513. The number of methoxy groups -OCH3 is 2. The summed E-state index contributed by atoms with van der Waals surface area (Å²) in [6.45, 7) is 11.9. The van der Waals surface area contributed by atoms with Crippen LogP contribution in [0.1, 0.15) is 80.0 Å². The Morgan fingerprint density at radius 1 is 0.472 bits per heavy atom. The molecule has 468 valence electrons. The topological polar surface area (TPSA) is 268 Å². The summed E-state index contributed by atoms with van der Waals surface area (Å²) in [5.74, 6) is -6.24. The van der Waals surface area contributed by atoms with Gasteiger partial charge in [0, 0.05) is 57.5 Å². The summed E-state index contributed by atoms with van der Waals surface area (Å²) < 4.78 is 88.1. The van der Waals surface area contributed by atoms with Crippen LogP contribution in [-0.4, -0.2) is 141 Å². The molecular formula is C61H66BClF6N9NaO10. The number of aromatic carboxylic acids is 1. The van der Waals surface area contributed by atoms with Crippen LogP contribution in [-0.2, 0) is 9.47 Å². The van der Waals surface area contributed by atoms with Crippen LogP contribution in [0.4, 0.5) is 43.8 Å². The zero-order valence-electron chi connectivity index (χ0n) is 50.1. The Hall–Kier alpha value is -8.08. The largest absolute Gasteiger partial charge is 1.00 e. The predicted octanol–water partition coefficient (Wildman–Crippen LogP) is 7.95. The molecular weight excluding hydrogens is 1200 g/mol. The van der Waals surface area contributed by atoms with Gasteiger partial charge >= 0.3 is 54.6 Å². The van der Waals surface area contributed by atoms with Crippen molar-refractivity contribution in [2.24, 2.45) is 0 Å². The Bertz CT molecular complexity index is 3920. The van der Waals surface area contributed by atoms with Gasteiger partial charge in [-0.25, -0.2) is 70.6 Å². The summed E-state index contributed by atoms with van der Waals surface area (Å²) >= 11 is 6.16. The van der Waals surface area contributed by atoms with Gasteiger partial charge in [-0.2, -0.15) is 0 Å². The van der Waals surface area contributed by atoms with Gasteiger partial charge in [-0.1, -0.05) is 25.1 Å². The molecule has 3 aromatic heterocycles. The van der Waals surface area contributed by atoms with Gasteiger partial charge in [0.1, 0.15) is 11.4 Å². The first-order chi connectivity index (χ1) is 40.6. The van der Waals surface area contributed by atoms with Crippen LogP contribution in [0.3, 0.4) is 0 Å². The number of aliphatic hydroxyl groups excluding tert-OH is 1. The third-order valence-electron chi connectivity index (χ3n) is 12.9. The van der Waals surface area contributed by atoms with Crippen molar-refractivity contribution in [3.05, 3.63) is 166 Å². The van der Waals surface area contributed by atoms with Crippen LogP contribution >= 0.6 is 11.6 Å². The smallest absolute Gasteiger partial charge is 0.870 e. The Balaban J connectivity index is 0.000000411. The fourth-order valence-corrected chi connectivity index (χ4v) is 7.80. The van der Waals surface area contributed by atoms with Gasteiger partial charge in [0.15, 0.2) is 57.5 Å². The minimum atomic E-state index is -1.76. The fraction of sp³-hybridized carbons (Fsp3) is 0.262. The number of hydrogen-bond donors (Lipinski definition) is 4. The molecule has 0 saturated carbocycles. The van der Waals surface area contributed by atoms with E-state index in [0.717, 1.165) is 49.6 Å². The van der Waals surface area contributed by atoms with Gasteiger partial charge in [-0.3, -0.25) is 0 Å². The van der Waals surface area contributed by atoms with E-state index in [1.54, 1.807) is 42.5 Å². The van der Waals surface area contributed by atoms with Crippen LogP contribution in [0, 0.1) is 34.9 Å². The number of nitrogens with zero attached hydrogens (tertiary/aromatic N) is 9. The number of carboxylic acid groups (broad SMARTS) is 1. The summed E-state index contributed by atoms with van der Waals surface area (Å²) in [7, 11) is 7.45. The minimum absolute atomic E-state index is 0. The molecule has 19 nitrogen and oxygen atoms in total. The predicted molar refractivity (Wildman–Crippen MR) is 328 cm³/mol. The van der Waals surface area contributed by atoms with Crippen molar-refractivity contribution in [1.82, 2.24) is 29.9 Å². The molecule has 28 heteroatoms. The van der Waals surface area contributed by atoms with E-state index in [-0.39, 0.29) is 71.6 Å². The third kappa shape index (κ3) is 19.5. The number of aromatic nitrogens is 6. The number of esters is 2. The van der Waals surface area contributed by atoms with Gasteiger partial charge in [-0.15, -0.1) is 0 Å². The van der Waals surface area contributed by atoms with Crippen molar-refractivity contribution in [3.63, 3.8) is 0 Å². The number of anilines is 3. The second-order valence-corrected chi connectivity index (χ2v) is 19.8. The molecule has 0 fully saturated rings. The number of carboxylic acids is 1. The molecule has 9 rings (SSSR count). The molecule has 0 saturated heterocycles. The van der Waals surface area contributed by atoms with Crippen molar-refractivity contribution in [2.45, 2.75) is 67.1 Å². The Labute approximate surface area is 537 Å². The van der Waals surface area contributed by atoms with E-state index in [9.17, 15) is 40.7 Å². The van der Waals surface area contributed by atoms with Crippen molar-refractivity contribution < 1.29 is 105 Å². The number of carbonyl (C=O) groups excluding carboxylic acids is 2. The normalized spacial score (nSPS) is 10.3. The molecule has 0 aliphatic heterocycles. The average Bonchev–Trinajstić information content (AvgIpc) is 1.72. The molecule has 0 spiro atoms. The Morgan fingerprint density at radius 2 is 0.798 bits per heavy atom. The van der Waals surface area contributed by atoms with E-state index >= 15 is 0 Å². The van der Waals surface area contributed by atoms with Crippen LogP contribution in [0.5, 0.6) is 0 Å². The molecule has 0 amide bonds. The van der Waals surface area contributed by atoms with Gasteiger partial charge in [-0.05, 0) is 150 Å². The minimum Gasteiger partial charge on any atom is -0.870 e. The zero-order valence-corrected chi connectivity index (χ0v) is 52.9. The summed E-state index contributed by atoms with van der Waals surface area (Å²) in [5, 5.41) is 33.5. The molecule has 0 aliphatic carbocycles. The van der Waals surface area contributed by atoms with Crippen LogP contribution in [0.2, 0.25) is 5.15 Å². The molecule has 3 heterocycles. The fourth-order valence-electron chi connectivity index (χ4n) is 7.53. The number of ether oxygens (including phenoxy) is 2. The summed E-state index contributed by atoms with van der Waals surface area (Å²) in [6.07, 6.45) is 0. The van der Waals surface area contributed by atoms with E-state index in [0.29, 0.717) is 89.3 Å². The first kappa shape index (κ1) is 77.0. The number of halogens is 7. The van der Waals surface area contributed by atoms with Gasteiger partial charge in [0.25, 0.3) is 0 Å². The van der Waals surface area contributed by atoms with Crippen LogP contribution in [0.25, 0.3) is 55.6 Å². The van der Waals surface area contributed by atoms with Gasteiger partial charge in [0.2, 0.25) is 0 Å². The van der Waals surface area contributed by atoms with Crippen LogP contribution in [0.15, 0.2) is 109 Å². The SMILES string of the molecule is C.CC(C)N(C)c1nc2cc(C(=O)O)ccc2nc1-c1ccc(F)c(F)c1.CO.COC(=O)c1ccc2nc(-c3ccc(F)c(F)c3)c(N(C)C(C)C)nc2c1.COC(=O)c1ccc2nc(Cl)c(N(C)C(C)C)nc2c1.OB(O)c1ccc(F)c(F)c1.[Na+].[OH-]. The van der Waals surface area contributed by atoms with Gasteiger partial charge < -0.3 is 49.9 Å². The second kappa shape index (κ2) is 34.6. The monoisotopic (exact) mass is 1270 g/mol. The average molecular weight is 1270 g/mol. The number of benzene rings is 6. The molecule has 0 radical (unpaired) electrons. The second-order valence-electron chi connectivity index (χ2n) is 19.4. The molecule has 89 heavy (non-hydrogen) atoms. The van der Waals surface area contributed by atoms with E-state index in [1.165, 1.54) is 38.5 Å². The number of hydrogen-bond acceptors (Lipinski definition) is 18. The van der Waals surface area contributed by atoms with Gasteiger partial charge in [0.05, 0.1) is 64.0 Å². The molecule has 0 aliphatic rings. The molecule has 6 aromatic carbocycles. The summed E-state index contributed by atoms with van der Waals surface area (Å²) in [6, 6.07) is 24.5. The summed E-state index contributed by atoms with van der Waals surface area (Å²) in [5.41, 5.74) is 5.65. The zero-order chi connectivity index (χ0) is 64.0.